The highest BCUT2D eigenvalue weighted by molar-refractivity contribution is 9.10. The first-order chi connectivity index (χ1) is 13.0. The highest BCUT2D eigenvalue weighted by Crippen LogP contribution is 2.34. The zero-order chi connectivity index (χ0) is 19.0. The summed E-state index contributed by atoms with van der Waals surface area (Å²) in [5, 5.41) is 3.37. The molecule has 27 heavy (non-hydrogen) atoms. The summed E-state index contributed by atoms with van der Waals surface area (Å²) in [7, 11) is 0. The van der Waals surface area contributed by atoms with Crippen LogP contribution in [0.1, 0.15) is 27.5 Å². The van der Waals surface area contributed by atoms with Gasteiger partial charge in [0.15, 0.2) is 6.10 Å². The van der Waals surface area contributed by atoms with Gasteiger partial charge in [0.2, 0.25) is 5.78 Å². The molecular weight excluding hydrogens is 410 g/mol. The second-order valence-corrected chi connectivity index (χ2v) is 7.31. The Labute approximate surface area is 164 Å². The molecule has 1 aliphatic rings. The van der Waals surface area contributed by atoms with Gasteiger partial charge in [-0.15, -0.1) is 0 Å². The molecule has 0 amide bonds. The molecule has 2 unspecified atom stereocenters. The Bertz CT molecular complexity index is 1040. The zero-order valence-electron chi connectivity index (χ0n) is 14.4. The number of ether oxygens (including phenoxy) is 1. The van der Waals surface area contributed by atoms with Crippen LogP contribution >= 0.6 is 15.9 Å². The van der Waals surface area contributed by atoms with Crippen molar-refractivity contribution < 1.29 is 13.9 Å². The lowest BCUT2D eigenvalue weighted by Gasteiger charge is -2.25. The van der Waals surface area contributed by atoms with Crippen molar-refractivity contribution in [1.29, 1.82) is 0 Å². The van der Waals surface area contributed by atoms with Gasteiger partial charge in [-0.1, -0.05) is 45.8 Å². The summed E-state index contributed by atoms with van der Waals surface area (Å²) in [6.07, 6.45) is 0.367. The average molecular weight is 426 g/mol. The number of fused-ring (bicyclic) bond motifs is 1. The molecule has 5 nitrogen and oxygen atoms in total. The first-order valence-electron chi connectivity index (χ1n) is 8.44. The lowest BCUT2D eigenvalue weighted by atomic mass is 9.96. The topological polar surface area (TPSA) is 68.5 Å². The lowest BCUT2D eigenvalue weighted by molar-refractivity contribution is 0.0830. The van der Waals surface area contributed by atoms with Crippen molar-refractivity contribution in [2.45, 2.75) is 19.1 Å². The summed E-state index contributed by atoms with van der Waals surface area (Å²) in [5.41, 5.74) is 2.15. The summed E-state index contributed by atoms with van der Waals surface area (Å²) in [5.74, 6) is -0.124. The van der Waals surface area contributed by atoms with E-state index in [1.165, 1.54) is 12.3 Å². The van der Waals surface area contributed by atoms with Gasteiger partial charge in [-0.05, 0) is 36.8 Å². The predicted molar refractivity (Wildman–Crippen MR) is 105 cm³/mol. The van der Waals surface area contributed by atoms with Crippen LogP contribution in [-0.4, -0.2) is 11.9 Å². The fraction of sp³-hybridized carbons (Fsp3) is 0.143. The second-order valence-electron chi connectivity index (χ2n) is 6.39. The Kier molecular flexibility index (Phi) is 4.58. The number of anilines is 1. The number of hydrogen-bond donors (Lipinski definition) is 1. The quantitative estimate of drug-likeness (QED) is 0.665. The summed E-state index contributed by atoms with van der Waals surface area (Å²) < 4.78 is 11.6. The number of carbonyl (C=O) groups is 1. The Morgan fingerprint density at radius 2 is 1.70 bits per heavy atom. The van der Waals surface area contributed by atoms with Crippen LogP contribution in [-0.2, 0) is 0 Å². The SMILES string of the molecule is Cc1ccc(NC(c2ccc(Br)cc2)C2Oc3ccoc(=O)c3C2=O)cc1. The summed E-state index contributed by atoms with van der Waals surface area (Å²) in [4.78, 5) is 24.9. The third-order valence-electron chi connectivity index (χ3n) is 4.51. The molecule has 4 rings (SSSR count). The second kappa shape index (κ2) is 7.04. The van der Waals surface area contributed by atoms with Crippen molar-refractivity contribution in [3.05, 3.63) is 92.4 Å². The van der Waals surface area contributed by atoms with E-state index in [0.29, 0.717) is 0 Å². The van der Waals surface area contributed by atoms with E-state index in [1.54, 1.807) is 0 Å². The smallest absolute Gasteiger partial charge is 0.350 e. The van der Waals surface area contributed by atoms with Crippen LogP contribution in [0.2, 0.25) is 0 Å². The number of nitrogens with one attached hydrogen (secondary N) is 1. The van der Waals surface area contributed by atoms with Crippen LogP contribution in [0, 0.1) is 6.92 Å². The molecule has 136 valence electrons. The summed E-state index contributed by atoms with van der Waals surface area (Å²) in [6.45, 7) is 2.01. The molecule has 0 saturated heterocycles. The third kappa shape index (κ3) is 3.40. The van der Waals surface area contributed by atoms with E-state index in [-0.39, 0.29) is 17.1 Å². The Morgan fingerprint density at radius 3 is 2.37 bits per heavy atom. The van der Waals surface area contributed by atoms with Crippen LogP contribution in [0.15, 0.2) is 74.5 Å². The number of halogens is 1. The number of hydrogen-bond acceptors (Lipinski definition) is 5. The van der Waals surface area contributed by atoms with Gasteiger partial charge in [0, 0.05) is 16.2 Å². The number of rotatable bonds is 4. The molecule has 1 aromatic heterocycles. The summed E-state index contributed by atoms with van der Waals surface area (Å²) >= 11 is 3.43. The van der Waals surface area contributed by atoms with Crippen molar-refractivity contribution >= 4 is 27.4 Å². The van der Waals surface area contributed by atoms with E-state index in [9.17, 15) is 9.59 Å². The average Bonchev–Trinajstić information content (AvgIpc) is 3.00. The van der Waals surface area contributed by atoms with E-state index in [0.717, 1.165) is 21.3 Å². The maximum atomic E-state index is 12.9. The van der Waals surface area contributed by atoms with Gasteiger partial charge in [-0.3, -0.25) is 4.79 Å². The minimum Gasteiger partial charge on any atom is -0.479 e. The number of benzene rings is 2. The van der Waals surface area contributed by atoms with Crippen LogP contribution in [0.4, 0.5) is 5.69 Å². The van der Waals surface area contributed by atoms with Gasteiger partial charge in [0.1, 0.15) is 11.3 Å². The molecule has 0 aliphatic carbocycles. The number of Topliss-reactive ketones (excluding diaryl/α,β-unsaturated/α-hetero) is 1. The molecule has 0 fully saturated rings. The van der Waals surface area contributed by atoms with Gasteiger partial charge >= 0.3 is 5.63 Å². The Hall–Kier alpha value is -2.86. The van der Waals surface area contributed by atoms with Crippen molar-refractivity contribution in [1.82, 2.24) is 0 Å². The molecular formula is C21H16BrNO4. The van der Waals surface area contributed by atoms with Crippen LogP contribution in [0.5, 0.6) is 5.75 Å². The van der Waals surface area contributed by atoms with E-state index in [2.05, 4.69) is 21.2 Å². The molecule has 6 heteroatoms. The first kappa shape index (κ1) is 17.5. The highest BCUT2D eigenvalue weighted by Gasteiger charge is 2.41. The van der Waals surface area contributed by atoms with Gasteiger partial charge in [0.25, 0.3) is 0 Å². The Morgan fingerprint density at radius 1 is 1.00 bits per heavy atom. The molecule has 0 radical (unpaired) electrons. The molecule has 0 spiro atoms. The highest BCUT2D eigenvalue weighted by atomic mass is 79.9. The standard InChI is InChI=1S/C21H16BrNO4/c1-12-2-8-15(9-3-12)23-18(13-4-6-14(22)7-5-13)20-19(24)17-16(27-20)10-11-26-21(17)25/h2-11,18,20,23H,1H3. The van der Waals surface area contributed by atoms with E-state index in [1.807, 2.05) is 55.5 Å². The van der Waals surface area contributed by atoms with E-state index >= 15 is 0 Å². The van der Waals surface area contributed by atoms with Crippen molar-refractivity contribution in [2.24, 2.45) is 0 Å². The molecule has 1 N–H and O–H groups in total. The van der Waals surface area contributed by atoms with Crippen LogP contribution in [0.3, 0.4) is 0 Å². The monoisotopic (exact) mass is 425 g/mol. The Balaban J connectivity index is 1.73. The number of aryl methyl sites for hydroxylation is 1. The van der Waals surface area contributed by atoms with Crippen molar-refractivity contribution in [3.8, 4) is 5.75 Å². The van der Waals surface area contributed by atoms with Crippen LogP contribution in [0.25, 0.3) is 0 Å². The van der Waals surface area contributed by atoms with Gasteiger partial charge in [0.05, 0.1) is 12.3 Å². The van der Waals surface area contributed by atoms with Crippen molar-refractivity contribution in [3.63, 3.8) is 0 Å². The third-order valence-corrected chi connectivity index (χ3v) is 5.04. The molecule has 0 bridgehead atoms. The molecule has 3 aromatic rings. The van der Waals surface area contributed by atoms with E-state index in [4.69, 9.17) is 9.15 Å². The number of carbonyl (C=O) groups excluding carboxylic acids is 1. The molecule has 1 aliphatic heterocycles. The molecule has 2 atom stereocenters. The molecule has 0 saturated carbocycles. The van der Waals surface area contributed by atoms with E-state index < -0.39 is 17.8 Å². The fourth-order valence-corrected chi connectivity index (χ4v) is 3.37. The normalized spacial score (nSPS) is 16.5. The van der Waals surface area contributed by atoms with Gasteiger partial charge in [-0.2, -0.15) is 0 Å². The van der Waals surface area contributed by atoms with Crippen molar-refractivity contribution in [2.75, 3.05) is 5.32 Å². The molecule has 2 heterocycles. The maximum absolute atomic E-state index is 12.9. The minimum absolute atomic E-state index is 0.0321. The largest absolute Gasteiger partial charge is 0.479 e. The maximum Gasteiger partial charge on any atom is 0.350 e. The lowest BCUT2D eigenvalue weighted by Crippen LogP contribution is -2.34. The van der Waals surface area contributed by atoms with Gasteiger partial charge < -0.3 is 14.5 Å². The summed E-state index contributed by atoms with van der Waals surface area (Å²) in [6, 6.07) is 16.5. The van der Waals surface area contributed by atoms with Crippen LogP contribution < -0.4 is 15.7 Å². The zero-order valence-corrected chi connectivity index (χ0v) is 16.0. The predicted octanol–water partition coefficient (Wildman–Crippen LogP) is 4.51. The first-order valence-corrected chi connectivity index (χ1v) is 9.23. The number of ketones is 1. The minimum atomic E-state index is -0.868. The fourth-order valence-electron chi connectivity index (χ4n) is 3.11. The molecule has 2 aromatic carbocycles. The van der Waals surface area contributed by atoms with Gasteiger partial charge in [-0.25, -0.2) is 4.79 Å².